The number of nitrogens with zero attached hydrogens (tertiary/aromatic N) is 5. The van der Waals surface area contributed by atoms with Gasteiger partial charge in [0.1, 0.15) is 29.9 Å². The Kier molecular flexibility index (Phi) is 8.76. The molecule has 2 aromatic rings. The van der Waals surface area contributed by atoms with E-state index < -0.39 is 40.3 Å². The van der Waals surface area contributed by atoms with Crippen molar-refractivity contribution in [3.63, 3.8) is 0 Å². The van der Waals surface area contributed by atoms with Crippen molar-refractivity contribution >= 4 is 69.3 Å². The number of carbonyl (C=O) groups is 3. The van der Waals surface area contributed by atoms with Crippen LogP contribution < -0.4 is 22.2 Å². The van der Waals surface area contributed by atoms with E-state index >= 15 is 0 Å². The normalized spacial score (nSPS) is 19.3. The molecule has 0 spiro atoms. The number of amides is 2. The van der Waals surface area contributed by atoms with Gasteiger partial charge in [-0.1, -0.05) is 5.16 Å². The molecule has 0 aromatic carbocycles. The fourth-order valence-corrected chi connectivity index (χ4v) is 6.08. The SMILES string of the molecule is COCCn1c(C(S)=CC2=C(C(=O)O)N3C(=O)C(NC(=O)C(=NOC)c4csc(N)n4)C3SC2)n[nH]c(=O)c1=O. The lowest BCUT2D eigenvalue weighted by Crippen LogP contribution is -2.71. The number of aromatic nitrogens is 4. The lowest BCUT2D eigenvalue weighted by atomic mass is 10.0. The highest BCUT2D eigenvalue weighted by molar-refractivity contribution is 8.00. The Hall–Kier alpha value is -3.94. The molecule has 2 aliphatic rings. The average molecular weight is 611 g/mol. The zero-order valence-electron chi connectivity index (χ0n) is 20.8. The number of thiazole rings is 1. The van der Waals surface area contributed by atoms with Crippen LogP contribution in [0.15, 0.2) is 37.5 Å². The monoisotopic (exact) mass is 610 g/mol. The molecule has 16 nitrogen and oxygen atoms in total. The van der Waals surface area contributed by atoms with Crippen LogP contribution in [0.1, 0.15) is 11.5 Å². The van der Waals surface area contributed by atoms with Crippen molar-refractivity contribution < 1.29 is 29.1 Å². The summed E-state index contributed by atoms with van der Waals surface area (Å²) in [6, 6.07) is -1.05. The van der Waals surface area contributed by atoms with Gasteiger partial charge < -0.3 is 25.7 Å². The number of fused-ring (bicyclic) bond motifs is 1. The second-order valence-corrected chi connectivity index (χ2v) is 10.6. The number of thiol groups is 1. The van der Waals surface area contributed by atoms with Gasteiger partial charge in [-0.25, -0.2) is 14.9 Å². The Balaban J connectivity index is 1.61. The van der Waals surface area contributed by atoms with Crippen LogP contribution in [0.4, 0.5) is 5.13 Å². The van der Waals surface area contributed by atoms with Crippen molar-refractivity contribution in [3.8, 4) is 0 Å². The largest absolute Gasteiger partial charge is 0.477 e. The fraction of sp³-hybridized carbons (Fsp3) is 0.333. The number of ether oxygens (including phenoxy) is 1. The topological polar surface area (TPSA) is 224 Å². The number of hydrogen-bond acceptors (Lipinski definition) is 14. The van der Waals surface area contributed by atoms with E-state index in [-0.39, 0.29) is 57.4 Å². The third-order valence-electron chi connectivity index (χ3n) is 5.67. The standard InChI is InChI=1S/C21H22N8O8S3/c1-36-4-3-28-14(25-26-16(31)18(28)33)10(38)5-8-6-39-19-12(17(32)29(19)13(8)20(34)35)24-15(30)11(27-37-2)9-7-40-21(22)23-9/h5,7,12,19,38H,3-4,6H2,1-2H3,(H2,22,23)(H,24,30)(H,26,31)(H,34,35). The second-order valence-electron chi connectivity index (χ2n) is 8.09. The van der Waals surface area contributed by atoms with Crippen molar-refractivity contribution in [3.05, 3.63) is 55.0 Å². The number of carboxylic acid groups (broad SMARTS) is 1. The number of anilines is 1. The van der Waals surface area contributed by atoms with Crippen LogP contribution in [0.2, 0.25) is 0 Å². The molecule has 2 aromatic heterocycles. The van der Waals surface area contributed by atoms with E-state index in [0.29, 0.717) is 0 Å². The van der Waals surface area contributed by atoms with Crippen molar-refractivity contribution in [2.45, 2.75) is 18.0 Å². The Morgan fingerprint density at radius 1 is 1.38 bits per heavy atom. The average Bonchev–Trinajstić information content (AvgIpc) is 3.35. The smallest absolute Gasteiger partial charge is 0.352 e. The summed E-state index contributed by atoms with van der Waals surface area (Å²) in [5.74, 6) is -2.72. The van der Waals surface area contributed by atoms with Crippen molar-refractivity contribution in [2.24, 2.45) is 5.16 Å². The number of oxime groups is 1. The lowest BCUT2D eigenvalue weighted by Gasteiger charge is -2.49. The van der Waals surface area contributed by atoms with Gasteiger partial charge in [0.15, 0.2) is 16.7 Å². The van der Waals surface area contributed by atoms with E-state index in [1.165, 1.54) is 37.4 Å². The number of hydrogen-bond donors (Lipinski definition) is 5. The van der Waals surface area contributed by atoms with Crippen LogP contribution in [-0.4, -0.2) is 91.2 Å². The van der Waals surface area contributed by atoms with E-state index in [4.69, 9.17) is 15.3 Å². The first-order chi connectivity index (χ1) is 19.1. The Morgan fingerprint density at radius 2 is 2.12 bits per heavy atom. The Bertz CT molecular complexity index is 1580. The summed E-state index contributed by atoms with van der Waals surface area (Å²) >= 11 is 6.68. The van der Waals surface area contributed by atoms with Crippen molar-refractivity contribution in [1.29, 1.82) is 0 Å². The lowest BCUT2D eigenvalue weighted by molar-refractivity contribution is -0.150. The maximum Gasteiger partial charge on any atom is 0.352 e. The van der Waals surface area contributed by atoms with Crippen LogP contribution in [-0.2, 0) is 30.5 Å². The molecule has 2 atom stereocenters. The molecule has 0 aliphatic carbocycles. The molecule has 2 unspecified atom stereocenters. The minimum atomic E-state index is -1.39. The summed E-state index contributed by atoms with van der Waals surface area (Å²) in [6.45, 7) is 0.0940. The van der Waals surface area contributed by atoms with Gasteiger partial charge in [0.05, 0.1) is 13.2 Å². The summed E-state index contributed by atoms with van der Waals surface area (Å²) in [6.07, 6.45) is 1.36. The highest BCUT2D eigenvalue weighted by Gasteiger charge is 2.54. The summed E-state index contributed by atoms with van der Waals surface area (Å²) in [5.41, 5.74) is 3.64. The van der Waals surface area contributed by atoms with Crippen LogP contribution in [0, 0.1) is 0 Å². The molecule has 1 saturated heterocycles. The molecular formula is C21H22N8O8S3. The molecule has 0 radical (unpaired) electrons. The van der Waals surface area contributed by atoms with Gasteiger partial charge in [-0.2, -0.15) is 5.10 Å². The van der Waals surface area contributed by atoms with Gasteiger partial charge in [-0.15, -0.1) is 35.7 Å². The van der Waals surface area contributed by atoms with Gasteiger partial charge in [-0.05, 0) is 11.6 Å². The number of nitrogens with two attached hydrogens (primary N) is 1. The first-order valence-corrected chi connectivity index (χ1v) is 13.6. The third-order valence-corrected chi connectivity index (χ3v) is 7.97. The summed E-state index contributed by atoms with van der Waals surface area (Å²) in [4.78, 5) is 72.2. The summed E-state index contributed by atoms with van der Waals surface area (Å²) in [7, 11) is 2.66. The fourth-order valence-electron chi connectivity index (χ4n) is 3.90. The molecule has 4 heterocycles. The molecule has 2 amide bonds. The number of methoxy groups -OCH3 is 1. The van der Waals surface area contributed by atoms with Gasteiger partial charge in [0.25, 0.3) is 11.8 Å². The number of nitrogens with one attached hydrogen (secondary N) is 2. The Morgan fingerprint density at radius 3 is 2.75 bits per heavy atom. The number of carboxylic acids is 1. The van der Waals surface area contributed by atoms with E-state index in [1.807, 2.05) is 0 Å². The zero-order chi connectivity index (χ0) is 29.1. The van der Waals surface area contributed by atoms with Gasteiger partial charge >= 0.3 is 17.1 Å². The van der Waals surface area contributed by atoms with Crippen LogP contribution in [0.25, 0.3) is 4.91 Å². The minimum Gasteiger partial charge on any atom is -0.477 e. The predicted molar refractivity (Wildman–Crippen MR) is 148 cm³/mol. The number of nitrogen functional groups attached to an aromatic ring is 1. The molecule has 212 valence electrons. The molecule has 2 aliphatic heterocycles. The maximum absolute atomic E-state index is 13.1. The van der Waals surface area contributed by atoms with Crippen LogP contribution in [0.3, 0.4) is 0 Å². The Labute approximate surface area is 238 Å². The molecular weight excluding hydrogens is 588 g/mol. The van der Waals surface area contributed by atoms with E-state index in [9.17, 15) is 29.1 Å². The van der Waals surface area contributed by atoms with E-state index in [1.54, 1.807) is 0 Å². The number of aliphatic carboxylic acids is 1. The zero-order valence-corrected chi connectivity index (χ0v) is 23.3. The van der Waals surface area contributed by atoms with E-state index in [0.717, 1.165) is 20.8 Å². The predicted octanol–water partition coefficient (Wildman–Crippen LogP) is -1.32. The van der Waals surface area contributed by atoms with Gasteiger partial charge in [-0.3, -0.25) is 28.6 Å². The quantitative estimate of drug-likeness (QED) is 0.0694. The van der Waals surface area contributed by atoms with Gasteiger partial charge in [0.2, 0.25) is 0 Å². The maximum atomic E-state index is 13.1. The molecule has 0 bridgehead atoms. The summed E-state index contributed by atoms with van der Waals surface area (Å²) in [5, 5.41) is 23.2. The molecule has 4 rings (SSSR count). The van der Waals surface area contributed by atoms with E-state index in [2.05, 4.69) is 38.3 Å². The minimum absolute atomic E-state index is 0.00497. The van der Waals surface area contributed by atoms with Crippen LogP contribution >= 0.6 is 35.7 Å². The third kappa shape index (κ3) is 5.53. The molecule has 19 heteroatoms. The number of allylic oxidation sites excluding steroid dienone is 1. The highest BCUT2D eigenvalue weighted by Crippen LogP contribution is 2.41. The van der Waals surface area contributed by atoms with Gasteiger partial charge in [0, 0.05) is 23.1 Å². The van der Waals surface area contributed by atoms with Crippen LogP contribution in [0.5, 0.6) is 0 Å². The first kappa shape index (κ1) is 29.1. The molecule has 1 fully saturated rings. The first-order valence-electron chi connectivity index (χ1n) is 11.2. The van der Waals surface area contributed by atoms with Crippen molar-refractivity contribution in [2.75, 3.05) is 32.3 Å². The summed E-state index contributed by atoms with van der Waals surface area (Å²) < 4.78 is 6.03. The van der Waals surface area contributed by atoms with Crippen molar-refractivity contribution in [1.82, 2.24) is 30.0 Å². The molecule has 0 saturated carbocycles. The second kappa shape index (κ2) is 12.1. The number of thioether (sulfide) groups is 1. The number of carbonyl (C=O) groups excluding carboxylic acids is 2. The number of H-pyrrole nitrogens is 1. The molecule has 40 heavy (non-hydrogen) atoms. The molecule has 5 N–H and O–H groups in total. The number of rotatable bonds is 10. The number of aromatic amines is 1. The highest BCUT2D eigenvalue weighted by atomic mass is 32.2. The number of β-lactam (4-membered cyclic amide) rings is 1.